The molecule has 95 heavy (non-hydrogen) atoms. The van der Waals surface area contributed by atoms with Gasteiger partial charge in [0.1, 0.15) is 0 Å². The number of likely N-dealkylation sites (tertiary alicyclic amines) is 3. The van der Waals surface area contributed by atoms with Gasteiger partial charge in [0, 0.05) is 88.2 Å². The number of nitrogens with two attached hydrogens (primary N) is 3. The van der Waals surface area contributed by atoms with Crippen LogP contribution >= 0.6 is 0 Å². The highest BCUT2D eigenvalue weighted by Gasteiger charge is 2.41. The molecule has 0 saturated carbocycles. The van der Waals surface area contributed by atoms with Gasteiger partial charge in [-0.3, -0.25) is 14.2 Å². The number of anilines is 3. The fraction of sp³-hybridized carbons (Fsp3) is 0.420. The lowest BCUT2D eigenvalue weighted by Gasteiger charge is -2.27. The van der Waals surface area contributed by atoms with E-state index in [1.807, 2.05) is 21.8 Å². The van der Waals surface area contributed by atoms with Crippen molar-refractivity contribution >= 4 is 23.4 Å². The molecule has 3 fully saturated rings. The van der Waals surface area contributed by atoms with Crippen LogP contribution in [0.3, 0.4) is 0 Å². The number of rotatable bonds is 11. The summed E-state index contributed by atoms with van der Waals surface area (Å²) in [4.78, 5) is 52.4. The molecule has 6 aromatic heterocycles. The largest absolute Gasteiger partial charge is 0.433 e. The fourth-order valence-corrected chi connectivity index (χ4v) is 13.8. The Morgan fingerprint density at radius 1 is 0.516 bits per heavy atom. The maximum absolute atomic E-state index is 13.5. The van der Waals surface area contributed by atoms with Crippen molar-refractivity contribution in [3.05, 3.63) is 148 Å². The molecule has 2 atom stereocenters. The van der Waals surface area contributed by atoms with Crippen LogP contribution in [0.5, 0.6) is 23.3 Å². The number of hydrogen-bond acceptors (Lipinski definition) is 20. The lowest BCUT2D eigenvalue weighted by molar-refractivity contribution is 0.0120. The van der Waals surface area contributed by atoms with Crippen LogP contribution in [0.25, 0.3) is 39.6 Å². The molecule has 1 amide bonds. The van der Waals surface area contributed by atoms with Gasteiger partial charge in [-0.25, -0.2) is 43.4 Å². The lowest BCUT2D eigenvalue weighted by atomic mass is 9.92. The molecular formula is C69H83F2N21O3. The number of aryl methyl sites for hydroxylation is 3. The van der Waals surface area contributed by atoms with Gasteiger partial charge < -0.3 is 56.1 Å². The molecule has 26 heteroatoms. The van der Waals surface area contributed by atoms with E-state index >= 15 is 0 Å². The predicted octanol–water partition coefficient (Wildman–Crippen LogP) is 8.46. The van der Waals surface area contributed by atoms with Crippen LogP contribution in [-0.4, -0.2) is 195 Å². The van der Waals surface area contributed by atoms with Crippen molar-refractivity contribution in [2.24, 2.45) is 0 Å². The number of halogens is 2. The zero-order chi connectivity index (χ0) is 66.4. The van der Waals surface area contributed by atoms with Gasteiger partial charge >= 0.3 is 0 Å². The van der Waals surface area contributed by atoms with E-state index in [1.54, 1.807) is 31.0 Å². The Hall–Kier alpha value is -9.34. The van der Waals surface area contributed by atoms with Gasteiger partial charge in [-0.2, -0.15) is 15.3 Å². The number of carbonyl (C=O) groups excluding carboxylic acids is 1. The summed E-state index contributed by atoms with van der Waals surface area (Å²) in [7, 11) is 10.7. The molecule has 3 aromatic carbocycles. The smallest absolute Gasteiger partial charge is 0.267 e. The molecule has 6 aliphatic heterocycles. The van der Waals surface area contributed by atoms with Crippen LogP contribution < -0.4 is 26.7 Å². The first-order valence-electron chi connectivity index (χ1n) is 32.5. The number of nitrogen functional groups attached to an aromatic ring is 3. The van der Waals surface area contributed by atoms with Crippen LogP contribution in [0.2, 0.25) is 0 Å². The molecule has 0 spiro atoms. The molecule has 3 saturated heterocycles. The van der Waals surface area contributed by atoms with Crippen molar-refractivity contribution < 1.29 is 23.0 Å². The zero-order valence-electron chi connectivity index (χ0n) is 55.3. The van der Waals surface area contributed by atoms with E-state index in [2.05, 4.69) is 152 Å². The van der Waals surface area contributed by atoms with Crippen molar-refractivity contribution in [1.82, 2.24) is 88.6 Å². The summed E-state index contributed by atoms with van der Waals surface area (Å²) in [5.41, 5.74) is 35.7. The third kappa shape index (κ3) is 14.4. The maximum atomic E-state index is 13.5. The number of aromatic nitrogens is 12. The zero-order valence-corrected chi connectivity index (χ0v) is 55.3. The third-order valence-corrected chi connectivity index (χ3v) is 19.0. The van der Waals surface area contributed by atoms with E-state index < -0.39 is 18.4 Å². The van der Waals surface area contributed by atoms with E-state index in [0.29, 0.717) is 41.0 Å². The molecule has 496 valence electrons. The Labute approximate surface area is 551 Å². The Kier molecular flexibility index (Phi) is 18.2. The molecule has 24 nitrogen and oxygen atoms in total. The number of amides is 1. The number of carbonyl (C=O) groups is 1. The quantitative estimate of drug-likeness (QED) is 0.110. The van der Waals surface area contributed by atoms with Gasteiger partial charge in [-0.15, -0.1) is 0 Å². The van der Waals surface area contributed by atoms with Crippen molar-refractivity contribution in [3.8, 4) is 62.8 Å². The third-order valence-electron chi connectivity index (χ3n) is 19.0. The average molecular weight is 1290 g/mol. The van der Waals surface area contributed by atoms with Crippen LogP contribution in [0, 0.1) is 20.8 Å². The molecular weight excluding hydrogens is 1210 g/mol. The van der Waals surface area contributed by atoms with Gasteiger partial charge in [0.25, 0.3) is 23.6 Å². The fourth-order valence-electron chi connectivity index (χ4n) is 13.8. The number of alkyl halides is 2. The Morgan fingerprint density at radius 2 is 0.947 bits per heavy atom. The summed E-state index contributed by atoms with van der Waals surface area (Å²) in [5, 5.41) is 13.2. The molecule has 15 rings (SSSR count). The second-order valence-electron chi connectivity index (χ2n) is 26.5. The standard InChI is InChI=1S/C23H25F2N7O.2C23H29N7O/c1-14-7-15(8-16-11-30(2)5-3-18(14)16)19-10-27-20(26)21(29-19)32-12-17(9-28-32)22(33)31-6-4-23(24,25)13-31;2*1-15-8-16(9-17-12-28(2)7-5-20(15)17)21-11-25-22(24)23(27-21)31-19-10-26-30(14-19)18-4-6-29(3)13-18/h7-10,12H,3-6,11,13H2,1-2H3,(H2,26,27);2*8-11,14,18H,4-7,12-13H2,1-3H3,(H2,24,25). The van der Waals surface area contributed by atoms with Gasteiger partial charge in [-0.1, -0.05) is 0 Å². The van der Waals surface area contributed by atoms with Gasteiger partial charge in [0.2, 0.25) is 0 Å². The van der Waals surface area contributed by atoms with Crippen LogP contribution in [-0.2, 0) is 38.9 Å². The van der Waals surface area contributed by atoms with Crippen molar-refractivity contribution in [2.75, 3.05) is 111 Å². The first kappa shape index (κ1) is 64.4. The molecule has 6 aliphatic rings. The highest BCUT2D eigenvalue weighted by molar-refractivity contribution is 5.94. The van der Waals surface area contributed by atoms with Crippen LogP contribution in [0.1, 0.15) is 91.8 Å². The first-order chi connectivity index (χ1) is 45.6. The summed E-state index contributed by atoms with van der Waals surface area (Å²) in [6, 6.07) is 13.8. The highest BCUT2D eigenvalue weighted by Crippen LogP contribution is 2.36. The normalized spacial score (nSPS) is 18.9. The second-order valence-corrected chi connectivity index (χ2v) is 26.5. The summed E-state index contributed by atoms with van der Waals surface area (Å²) < 4.78 is 44.3. The van der Waals surface area contributed by atoms with Crippen LogP contribution in [0.4, 0.5) is 26.2 Å². The van der Waals surface area contributed by atoms with Gasteiger partial charge in [0.05, 0.1) is 90.8 Å². The summed E-state index contributed by atoms with van der Waals surface area (Å²) in [5.74, 6) is -0.493. The topological polar surface area (TPSA) is 264 Å². The number of benzene rings is 3. The number of nitrogens with zero attached hydrogens (tertiary/aromatic N) is 18. The summed E-state index contributed by atoms with van der Waals surface area (Å²) >= 11 is 0. The van der Waals surface area contributed by atoms with Gasteiger partial charge in [-0.05, 0) is 188 Å². The first-order valence-corrected chi connectivity index (χ1v) is 32.5. The van der Waals surface area contributed by atoms with Gasteiger partial charge in [0.15, 0.2) is 34.8 Å². The Balaban J connectivity index is 0.000000129. The number of ether oxygens (including phenoxy) is 2. The molecule has 6 N–H and O–H groups in total. The second kappa shape index (κ2) is 26.8. The average Bonchev–Trinajstić information content (AvgIpc) is 1.34. The maximum Gasteiger partial charge on any atom is 0.267 e. The van der Waals surface area contributed by atoms with E-state index in [0.717, 1.165) is 131 Å². The highest BCUT2D eigenvalue weighted by atomic mass is 19.3. The Morgan fingerprint density at radius 3 is 1.36 bits per heavy atom. The SMILES string of the molecule is Cc1cc(-c2cnc(N)c(-n3cc(C(=O)N4CCC(F)(F)C4)cn3)n2)cc2c1CCN(C)C2.Cc1cc(-c2cnc(N)c(Oc3cnn(C4CCN(C)C4)c3)n2)cc2c1CCN(C)C2.Cc1cc(-c2cnc(N)c(Oc3cnn(C4CCN(C)C4)c3)n2)cc2c1CCN(C)C2. The molecule has 9 aromatic rings. The number of fused-ring (bicyclic) bond motifs is 3. The van der Waals surface area contributed by atoms with Crippen molar-refractivity contribution in [1.29, 1.82) is 0 Å². The van der Waals surface area contributed by atoms with Crippen molar-refractivity contribution in [3.63, 3.8) is 0 Å². The summed E-state index contributed by atoms with van der Waals surface area (Å²) in [6.45, 7) is 16.0. The Bertz CT molecular complexity index is 4140. The minimum absolute atomic E-state index is 0.0152. The number of hydrogen-bond donors (Lipinski definition) is 3. The summed E-state index contributed by atoms with van der Waals surface area (Å²) in [6.07, 6.45) is 20.1. The monoisotopic (exact) mass is 1290 g/mol. The van der Waals surface area contributed by atoms with E-state index in [4.69, 9.17) is 36.6 Å². The van der Waals surface area contributed by atoms with Crippen molar-refractivity contribution in [2.45, 2.75) is 96.9 Å². The minimum atomic E-state index is -2.85. The molecule has 0 radical (unpaired) electrons. The molecule has 2 unspecified atom stereocenters. The van der Waals surface area contributed by atoms with E-state index in [9.17, 15) is 13.6 Å². The predicted molar refractivity (Wildman–Crippen MR) is 359 cm³/mol. The molecule has 0 bridgehead atoms. The lowest BCUT2D eigenvalue weighted by Crippen LogP contribution is -2.31. The molecule has 0 aliphatic carbocycles. The molecule has 12 heterocycles. The minimum Gasteiger partial charge on any atom is -0.433 e. The van der Waals surface area contributed by atoms with Crippen LogP contribution in [0.15, 0.2) is 92.2 Å². The number of likely N-dealkylation sites (N-methyl/N-ethyl adjacent to an activating group) is 5. The van der Waals surface area contributed by atoms with E-state index in [1.165, 1.54) is 67.1 Å². The van der Waals surface area contributed by atoms with E-state index in [-0.39, 0.29) is 41.8 Å².